The molecular weight excluding hydrogens is 241 g/mol. The van der Waals surface area contributed by atoms with Crippen molar-refractivity contribution < 1.29 is 4.39 Å². The summed E-state index contributed by atoms with van der Waals surface area (Å²) < 4.78 is 14.1. The van der Waals surface area contributed by atoms with Crippen LogP contribution in [0.4, 0.5) is 10.1 Å². The lowest BCUT2D eigenvalue weighted by Crippen LogP contribution is -2.41. The monoisotopic (exact) mass is 261 g/mol. The molecule has 0 radical (unpaired) electrons. The van der Waals surface area contributed by atoms with Crippen molar-refractivity contribution in [2.45, 2.75) is 18.4 Å². The van der Waals surface area contributed by atoms with Gasteiger partial charge in [0, 0.05) is 31.0 Å². The van der Waals surface area contributed by atoms with Crippen LogP contribution in [0.1, 0.15) is 12.0 Å². The predicted molar refractivity (Wildman–Crippen MR) is 77.4 cm³/mol. The van der Waals surface area contributed by atoms with Crippen molar-refractivity contribution >= 4 is 5.69 Å². The molecular formula is C15H20FN3. The van der Waals surface area contributed by atoms with E-state index in [1.807, 2.05) is 37.2 Å². The molecule has 1 aliphatic carbocycles. The van der Waals surface area contributed by atoms with Crippen LogP contribution < -0.4 is 16.4 Å². The molecule has 0 fully saturated rings. The van der Waals surface area contributed by atoms with Gasteiger partial charge in [-0.1, -0.05) is 18.2 Å². The molecule has 0 aliphatic heterocycles. The Bertz CT molecular complexity index is 534. The van der Waals surface area contributed by atoms with Gasteiger partial charge in [0.25, 0.3) is 0 Å². The SMILES string of the molecule is CN(C)c1ccc(CC2(N)C=CC(N)=CC2)c(F)c1. The maximum absolute atomic E-state index is 14.1. The molecule has 0 spiro atoms. The first-order valence-corrected chi connectivity index (χ1v) is 6.29. The number of hydrogen-bond donors (Lipinski definition) is 2. The van der Waals surface area contributed by atoms with Crippen LogP contribution in [0.15, 0.2) is 42.1 Å². The quantitative estimate of drug-likeness (QED) is 0.874. The number of allylic oxidation sites excluding steroid dienone is 1. The van der Waals surface area contributed by atoms with Gasteiger partial charge in [-0.05, 0) is 36.6 Å². The summed E-state index contributed by atoms with van der Waals surface area (Å²) in [6.45, 7) is 0. The minimum atomic E-state index is -0.552. The van der Waals surface area contributed by atoms with E-state index >= 15 is 0 Å². The molecule has 1 aromatic rings. The molecule has 3 nitrogen and oxygen atoms in total. The van der Waals surface area contributed by atoms with Crippen molar-refractivity contribution in [1.82, 2.24) is 0 Å². The first-order valence-electron chi connectivity index (χ1n) is 6.29. The van der Waals surface area contributed by atoms with E-state index in [1.54, 1.807) is 12.1 Å². The van der Waals surface area contributed by atoms with Gasteiger partial charge in [-0.15, -0.1) is 0 Å². The largest absolute Gasteiger partial charge is 0.399 e. The fraction of sp³-hybridized carbons (Fsp3) is 0.333. The van der Waals surface area contributed by atoms with Crippen LogP contribution >= 0.6 is 0 Å². The summed E-state index contributed by atoms with van der Waals surface area (Å²) in [6, 6.07) is 5.24. The number of nitrogens with two attached hydrogens (primary N) is 2. The van der Waals surface area contributed by atoms with Crippen molar-refractivity contribution in [2.24, 2.45) is 11.5 Å². The Balaban J connectivity index is 2.18. The van der Waals surface area contributed by atoms with E-state index in [9.17, 15) is 4.39 Å². The van der Waals surface area contributed by atoms with Crippen molar-refractivity contribution in [3.63, 3.8) is 0 Å². The molecule has 4 heteroatoms. The second-order valence-corrected chi connectivity index (χ2v) is 5.32. The molecule has 0 heterocycles. The summed E-state index contributed by atoms with van der Waals surface area (Å²) in [4.78, 5) is 1.87. The highest BCUT2D eigenvalue weighted by molar-refractivity contribution is 5.47. The topological polar surface area (TPSA) is 55.3 Å². The molecule has 1 aromatic carbocycles. The highest BCUT2D eigenvalue weighted by Gasteiger charge is 2.24. The van der Waals surface area contributed by atoms with Gasteiger partial charge < -0.3 is 16.4 Å². The van der Waals surface area contributed by atoms with E-state index in [2.05, 4.69) is 0 Å². The minimum absolute atomic E-state index is 0.216. The highest BCUT2D eigenvalue weighted by atomic mass is 19.1. The van der Waals surface area contributed by atoms with Crippen molar-refractivity contribution in [3.05, 3.63) is 53.5 Å². The fourth-order valence-corrected chi connectivity index (χ4v) is 2.15. The summed E-state index contributed by atoms with van der Waals surface area (Å²) in [6.07, 6.45) is 6.63. The molecule has 0 amide bonds. The van der Waals surface area contributed by atoms with E-state index < -0.39 is 5.54 Å². The number of benzene rings is 1. The van der Waals surface area contributed by atoms with Gasteiger partial charge >= 0.3 is 0 Å². The third-order valence-electron chi connectivity index (χ3n) is 3.40. The second kappa shape index (κ2) is 5.05. The van der Waals surface area contributed by atoms with Gasteiger partial charge in [0.1, 0.15) is 5.82 Å². The lowest BCUT2D eigenvalue weighted by Gasteiger charge is -2.28. The second-order valence-electron chi connectivity index (χ2n) is 5.32. The average molecular weight is 261 g/mol. The molecule has 0 saturated carbocycles. The Hall–Kier alpha value is -1.81. The fourth-order valence-electron chi connectivity index (χ4n) is 2.15. The van der Waals surface area contributed by atoms with Gasteiger partial charge in [0.05, 0.1) is 0 Å². The van der Waals surface area contributed by atoms with E-state index in [4.69, 9.17) is 11.5 Å². The highest BCUT2D eigenvalue weighted by Crippen LogP contribution is 2.25. The van der Waals surface area contributed by atoms with Gasteiger partial charge in [-0.3, -0.25) is 0 Å². The van der Waals surface area contributed by atoms with Gasteiger partial charge in [0.2, 0.25) is 0 Å². The Morgan fingerprint density at radius 2 is 2.11 bits per heavy atom. The van der Waals surface area contributed by atoms with Gasteiger partial charge in [-0.25, -0.2) is 4.39 Å². The van der Waals surface area contributed by atoms with E-state index in [0.29, 0.717) is 24.1 Å². The Morgan fingerprint density at radius 3 is 2.63 bits per heavy atom. The molecule has 102 valence electrons. The zero-order valence-electron chi connectivity index (χ0n) is 11.4. The molecule has 1 aliphatic rings. The van der Waals surface area contributed by atoms with E-state index in [0.717, 1.165) is 5.69 Å². The molecule has 0 saturated heterocycles. The van der Waals surface area contributed by atoms with Crippen LogP contribution in [0.2, 0.25) is 0 Å². The molecule has 4 N–H and O–H groups in total. The van der Waals surface area contributed by atoms with Crippen LogP contribution in [0, 0.1) is 5.82 Å². The van der Waals surface area contributed by atoms with Crippen molar-refractivity contribution in [2.75, 3.05) is 19.0 Å². The molecule has 0 aromatic heterocycles. The minimum Gasteiger partial charge on any atom is -0.399 e. The number of rotatable bonds is 3. The first-order chi connectivity index (χ1) is 8.89. The predicted octanol–water partition coefficient (Wildman–Crippen LogP) is 1.93. The van der Waals surface area contributed by atoms with E-state index in [1.165, 1.54) is 6.07 Å². The standard InChI is InChI=1S/C15H20FN3/c1-19(2)13-4-3-11(14(16)9-13)10-15(18)7-5-12(17)6-8-15/h3-7,9H,8,10,17-18H2,1-2H3. The average Bonchev–Trinajstić information content (AvgIpc) is 2.36. The maximum atomic E-state index is 14.1. The maximum Gasteiger partial charge on any atom is 0.128 e. The molecule has 19 heavy (non-hydrogen) atoms. The van der Waals surface area contributed by atoms with Gasteiger partial charge in [0.15, 0.2) is 0 Å². The number of halogens is 1. The smallest absolute Gasteiger partial charge is 0.128 e. The van der Waals surface area contributed by atoms with Crippen LogP contribution in [-0.2, 0) is 6.42 Å². The summed E-state index contributed by atoms with van der Waals surface area (Å²) >= 11 is 0. The third kappa shape index (κ3) is 3.15. The van der Waals surface area contributed by atoms with Crippen molar-refractivity contribution in [1.29, 1.82) is 0 Å². The zero-order chi connectivity index (χ0) is 14.0. The Kier molecular flexibility index (Phi) is 3.62. The number of anilines is 1. The summed E-state index contributed by atoms with van der Waals surface area (Å²) in [7, 11) is 3.77. The number of nitrogens with zero attached hydrogens (tertiary/aromatic N) is 1. The summed E-state index contributed by atoms with van der Waals surface area (Å²) in [5.74, 6) is -0.216. The lowest BCUT2D eigenvalue weighted by molar-refractivity contribution is 0.505. The Morgan fingerprint density at radius 1 is 1.37 bits per heavy atom. The number of hydrogen-bond acceptors (Lipinski definition) is 3. The van der Waals surface area contributed by atoms with E-state index in [-0.39, 0.29) is 5.82 Å². The summed E-state index contributed by atoms with van der Waals surface area (Å²) in [5, 5.41) is 0. The summed E-state index contributed by atoms with van der Waals surface area (Å²) in [5.41, 5.74) is 13.6. The zero-order valence-corrected chi connectivity index (χ0v) is 11.4. The molecule has 2 rings (SSSR count). The molecule has 1 atom stereocenters. The first kappa shape index (κ1) is 13.6. The normalized spacial score (nSPS) is 22.2. The van der Waals surface area contributed by atoms with Crippen molar-refractivity contribution in [3.8, 4) is 0 Å². The van der Waals surface area contributed by atoms with Crippen LogP contribution in [0.25, 0.3) is 0 Å². The lowest BCUT2D eigenvalue weighted by atomic mass is 9.85. The van der Waals surface area contributed by atoms with Crippen LogP contribution in [0.3, 0.4) is 0 Å². The Labute approximate surface area is 113 Å². The van der Waals surface area contributed by atoms with Crippen LogP contribution in [-0.4, -0.2) is 19.6 Å². The molecule has 1 unspecified atom stereocenters. The van der Waals surface area contributed by atoms with Gasteiger partial charge in [-0.2, -0.15) is 0 Å². The molecule has 0 bridgehead atoms. The third-order valence-corrected chi connectivity index (χ3v) is 3.40. The van der Waals surface area contributed by atoms with Crippen LogP contribution in [0.5, 0.6) is 0 Å².